The summed E-state index contributed by atoms with van der Waals surface area (Å²) < 4.78 is 1.31. The highest BCUT2D eigenvalue weighted by Gasteiger charge is 2.14. The lowest BCUT2D eigenvalue weighted by Crippen LogP contribution is -2.27. The number of anilines is 1. The largest absolute Gasteiger partial charge is 0.325 e. The van der Waals surface area contributed by atoms with E-state index in [2.05, 4.69) is 10.3 Å². The van der Waals surface area contributed by atoms with Gasteiger partial charge in [0.1, 0.15) is 11.4 Å². The number of fused-ring (bicyclic) bond motifs is 1. The molecule has 1 N–H and O–H groups in total. The highest BCUT2D eigenvalue weighted by Crippen LogP contribution is 2.30. The van der Waals surface area contributed by atoms with Crippen LogP contribution in [0.15, 0.2) is 71.1 Å². The molecule has 0 unspecified atom stereocenters. The van der Waals surface area contributed by atoms with Gasteiger partial charge >= 0.3 is 0 Å². The first-order valence-corrected chi connectivity index (χ1v) is 9.84. The van der Waals surface area contributed by atoms with Gasteiger partial charge in [0.2, 0.25) is 5.91 Å². The number of carbonyl (C=O) groups is 2. The van der Waals surface area contributed by atoms with Crippen molar-refractivity contribution in [1.82, 2.24) is 9.55 Å². The van der Waals surface area contributed by atoms with E-state index in [0.717, 1.165) is 11.1 Å². The molecule has 1 amide bonds. The van der Waals surface area contributed by atoms with E-state index < -0.39 is 0 Å². The molecule has 4 aromatic rings. The predicted octanol–water partition coefficient (Wildman–Crippen LogP) is 3.97. The van der Waals surface area contributed by atoms with Crippen LogP contribution in [0.3, 0.4) is 0 Å². The highest BCUT2D eigenvalue weighted by atomic mass is 32.1. The van der Waals surface area contributed by atoms with Crippen LogP contribution >= 0.6 is 11.3 Å². The smallest absolute Gasteiger partial charge is 0.263 e. The maximum atomic E-state index is 13.0. The molecular weight excluding hydrogens is 386 g/mol. The Hall–Kier alpha value is -3.58. The Balaban J connectivity index is 1.59. The molecule has 2 heterocycles. The molecule has 29 heavy (non-hydrogen) atoms. The normalized spacial score (nSPS) is 10.8. The Morgan fingerprint density at radius 2 is 1.79 bits per heavy atom. The standard InChI is InChI=1S/C22H17N3O3S/c1-14(26)15-7-9-17(10-8-15)24-19(27)11-25-13-23-21-20(22(25)28)18(12-29-21)16-5-3-2-4-6-16/h2-10,12-13H,11H2,1H3,(H,24,27). The van der Waals surface area contributed by atoms with Gasteiger partial charge in [-0.1, -0.05) is 30.3 Å². The quantitative estimate of drug-likeness (QED) is 0.511. The van der Waals surface area contributed by atoms with Gasteiger partial charge in [0.05, 0.1) is 11.7 Å². The number of nitrogens with one attached hydrogen (secondary N) is 1. The molecule has 0 saturated heterocycles. The Morgan fingerprint density at radius 3 is 2.48 bits per heavy atom. The number of hydrogen-bond donors (Lipinski definition) is 1. The van der Waals surface area contributed by atoms with Gasteiger partial charge in [-0.05, 0) is 36.8 Å². The minimum absolute atomic E-state index is 0.0428. The minimum atomic E-state index is -0.347. The molecule has 0 radical (unpaired) electrons. The van der Waals surface area contributed by atoms with Crippen molar-refractivity contribution in [3.63, 3.8) is 0 Å². The van der Waals surface area contributed by atoms with Gasteiger partial charge in [-0.3, -0.25) is 19.0 Å². The molecular formula is C22H17N3O3S. The first-order valence-electron chi connectivity index (χ1n) is 8.96. The minimum Gasteiger partial charge on any atom is -0.325 e. The Labute approximate surface area is 170 Å². The van der Waals surface area contributed by atoms with Crippen LogP contribution in [-0.4, -0.2) is 21.2 Å². The van der Waals surface area contributed by atoms with Crippen molar-refractivity contribution in [2.75, 3.05) is 5.32 Å². The molecule has 2 aromatic carbocycles. The lowest BCUT2D eigenvalue weighted by Gasteiger charge is -2.08. The van der Waals surface area contributed by atoms with Crippen molar-refractivity contribution in [2.45, 2.75) is 13.5 Å². The van der Waals surface area contributed by atoms with Crippen LogP contribution in [0.25, 0.3) is 21.3 Å². The molecule has 0 aliphatic carbocycles. The van der Waals surface area contributed by atoms with Crippen LogP contribution < -0.4 is 10.9 Å². The molecule has 0 aliphatic heterocycles. The summed E-state index contributed by atoms with van der Waals surface area (Å²) in [5.74, 6) is -0.390. The van der Waals surface area contributed by atoms with E-state index >= 15 is 0 Å². The van der Waals surface area contributed by atoms with Gasteiger partial charge in [-0.15, -0.1) is 11.3 Å². The van der Waals surface area contributed by atoms with Crippen LogP contribution in [0.2, 0.25) is 0 Å². The fourth-order valence-electron chi connectivity index (χ4n) is 3.05. The van der Waals surface area contributed by atoms with E-state index in [1.165, 1.54) is 29.2 Å². The summed E-state index contributed by atoms with van der Waals surface area (Å²) in [5, 5.41) is 5.16. The van der Waals surface area contributed by atoms with Crippen LogP contribution in [-0.2, 0) is 11.3 Å². The van der Waals surface area contributed by atoms with E-state index in [0.29, 0.717) is 21.5 Å². The number of thiophene rings is 1. The summed E-state index contributed by atoms with van der Waals surface area (Å²) in [7, 11) is 0. The Kier molecular flexibility index (Phi) is 5.05. The van der Waals surface area contributed by atoms with E-state index in [4.69, 9.17) is 0 Å². The van der Waals surface area contributed by atoms with E-state index in [9.17, 15) is 14.4 Å². The fraction of sp³-hybridized carbons (Fsp3) is 0.0909. The van der Waals surface area contributed by atoms with Crippen molar-refractivity contribution in [2.24, 2.45) is 0 Å². The molecule has 0 atom stereocenters. The number of amides is 1. The maximum Gasteiger partial charge on any atom is 0.263 e. The lowest BCUT2D eigenvalue weighted by atomic mass is 10.1. The molecule has 4 rings (SSSR count). The molecule has 0 fully saturated rings. The zero-order valence-corrected chi connectivity index (χ0v) is 16.4. The predicted molar refractivity (Wildman–Crippen MR) is 114 cm³/mol. The van der Waals surface area contributed by atoms with Crippen LogP contribution in [0.1, 0.15) is 17.3 Å². The average Bonchev–Trinajstić information content (AvgIpc) is 3.16. The van der Waals surface area contributed by atoms with Crippen molar-refractivity contribution in [3.8, 4) is 11.1 Å². The number of carbonyl (C=O) groups excluding carboxylic acids is 2. The van der Waals surface area contributed by atoms with Crippen LogP contribution in [0.5, 0.6) is 0 Å². The van der Waals surface area contributed by atoms with Crippen molar-refractivity contribution >= 4 is 38.9 Å². The summed E-state index contributed by atoms with van der Waals surface area (Å²) in [5.41, 5.74) is 2.63. The lowest BCUT2D eigenvalue weighted by molar-refractivity contribution is -0.116. The number of benzene rings is 2. The maximum absolute atomic E-state index is 13.0. The summed E-state index contributed by atoms with van der Waals surface area (Å²) in [6.45, 7) is 1.33. The number of hydrogen-bond acceptors (Lipinski definition) is 5. The average molecular weight is 403 g/mol. The molecule has 0 aliphatic rings. The third-order valence-electron chi connectivity index (χ3n) is 4.53. The van der Waals surface area contributed by atoms with Crippen LogP contribution in [0, 0.1) is 0 Å². The van der Waals surface area contributed by atoms with Crippen molar-refractivity contribution in [3.05, 3.63) is 82.2 Å². The third kappa shape index (κ3) is 3.86. The third-order valence-corrected chi connectivity index (χ3v) is 5.42. The Bertz CT molecular complexity index is 1260. The SMILES string of the molecule is CC(=O)c1ccc(NC(=O)Cn2cnc3scc(-c4ccccc4)c3c2=O)cc1. The molecule has 0 spiro atoms. The zero-order chi connectivity index (χ0) is 20.4. The number of rotatable bonds is 5. The van der Waals surface area contributed by atoms with Gasteiger partial charge in [0.25, 0.3) is 5.56 Å². The van der Waals surface area contributed by atoms with Gasteiger partial charge in [-0.25, -0.2) is 4.98 Å². The summed E-state index contributed by atoms with van der Waals surface area (Å²) in [4.78, 5) is 41.8. The van der Waals surface area contributed by atoms with Crippen LogP contribution in [0.4, 0.5) is 5.69 Å². The van der Waals surface area contributed by atoms with Gasteiger partial charge in [0, 0.05) is 22.2 Å². The van der Waals surface area contributed by atoms with Gasteiger partial charge in [-0.2, -0.15) is 0 Å². The number of Topliss-reactive ketones (excluding diaryl/α,β-unsaturated/α-hetero) is 1. The summed E-state index contributed by atoms with van der Waals surface area (Å²) >= 11 is 1.40. The zero-order valence-electron chi connectivity index (χ0n) is 15.6. The van der Waals surface area contributed by atoms with Gasteiger partial charge < -0.3 is 5.32 Å². The first kappa shape index (κ1) is 18.8. The van der Waals surface area contributed by atoms with E-state index in [-0.39, 0.29) is 23.8 Å². The highest BCUT2D eigenvalue weighted by molar-refractivity contribution is 7.17. The Morgan fingerprint density at radius 1 is 1.07 bits per heavy atom. The van der Waals surface area contributed by atoms with Crippen molar-refractivity contribution in [1.29, 1.82) is 0 Å². The molecule has 6 nitrogen and oxygen atoms in total. The molecule has 2 aromatic heterocycles. The van der Waals surface area contributed by atoms with E-state index in [1.807, 2.05) is 35.7 Å². The first-order chi connectivity index (χ1) is 14.0. The summed E-state index contributed by atoms with van der Waals surface area (Å²) in [6.07, 6.45) is 1.40. The molecule has 0 saturated carbocycles. The second-order valence-electron chi connectivity index (χ2n) is 6.55. The van der Waals surface area contributed by atoms with Gasteiger partial charge in [0.15, 0.2) is 5.78 Å². The molecule has 0 bridgehead atoms. The van der Waals surface area contributed by atoms with E-state index in [1.54, 1.807) is 24.3 Å². The summed E-state index contributed by atoms with van der Waals surface area (Å²) in [6, 6.07) is 16.2. The van der Waals surface area contributed by atoms with Crippen molar-refractivity contribution < 1.29 is 9.59 Å². The molecule has 7 heteroatoms. The topological polar surface area (TPSA) is 81.1 Å². The number of nitrogens with zero attached hydrogens (tertiary/aromatic N) is 2. The monoisotopic (exact) mass is 403 g/mol. The second kappa shape index (κ2) is 7.81. The number of aromatic nitrogens is 2. The fourth-order valence-corrected chi connectivity index (χ4v) is 3.96. The number of ketones is 1. The second-order valence-corrected chi connectivity index (χ2v) is 7.41. The molecule has 144 valence electrons.